The van der Waals surface area contributed by atoms with E-state index in [0.717, 1.165) is 21.2 Å². The largest absolute Gasteiger partial charge is 0.325 e. The SMILES string of the molecule is CC(C)c1ccc(NC(=O)CN2C(=O)N[C@@](C)(c3cccc4ccccc34)C2=O)cc1. The Labute approximate surface area is 181 Å². The Hall–Kier alpha value is -3.67. The van der Waals surface area contributed by atoms with Gasteiger partial charge in [0.1, 0.15) is 12.1 Å². The van der Waals surface area contributed by atoms with Gasteiger partial charge in [0.15, 0.2) is 0 Å². The van der Waals surface area contributed by atoms with Crippen LogP contribution in [0.25, 0.3) is 10.8 Å². The van der Waals surface area contributed by atoms with Crippen LogP contribution in [0, 0.1) is 0 Å². The highest BCUT2D eigenvalue weighted by atomic mass is 16.2. The second kappa shape index (κ2) is 7.87. The lowest BCUT2D eigenvalue weighted by Gasteiger charge is -2.24. The molecular formula is C25H25N3O3. The minimum Gasteiger partial charge on any atom is -0.325 e. The molecule has 158 valence electrons. The van der Waals surface area contributed by atoms with Crippen molar-refractivity contribution in [1.29, 1.82) is 0 Å². The Morgan fingerprint density at radius 2 is 1.68 bits per heavy atom. The first-order valence-corrected chi connectivity index (χ1v) is 10.3. The van der Waals surface area contributed by atoms with Gasteiger partial charge >= 0.3 is 6.03 Å². The van der Waals surface area contributed by atoms with Crippen LogP contribution in [0.1, 0.15) is 37.8 Å². The quantitative estimate of drug-likeness (QED) is 0.608. The molecule has 3 aromatic carbocycles. The molecule has 1 saturated heterocycles. The summed E-state index contributed by atoms with van der Waals surface area (Å²) < 4.78 is 0. The van der Waals surface area contributed by atoms with Crippen LogP contribution in [0.15, 0.2) is 66.7 Å². The Morgan fingerprint density at radius 1 is 1.00 bits per heavy atom. The summed E-state index contributed by atoms with van der Waals surface area (Å²) >= 11 is 0. The molecular weight excluding hydrogens is 390 g/mol. The average molecular weight is 415 g/mol. The lowest BCUT2D eigenvalue weighted by Crippen LogP contribution is -2.42. The highest BCUT2D eigenvalue weighted by Gasteiger charge is 2.50. The second-order valence-corrected chi connectivity index (χ2v) is 8.30. The van der Waals surface area contributed by atoms with Gasteiger partial charge in [0.25, 0.3) is 5.91 Å². The summed E-state index contributed by atoms with van der Waals surface area (Å²) in [7, 11) is 0. The van der Waals surface area contributed by atoms with E-state index >= 15 is 0 Å². The van der Waals surface area contributed by atoms with E-state index in [1.807, 2.05) is 66.7 Å². The third kappa shape index (κ3) is 3.77. The molecule has 1 aliphatic rings. The molecule has 3 aromatic rings. The van der Waals surface area contributed by atoms with E-state index < -0.39 is 23.4 Å². The first-order chi connectivity index (χ1) is 14.8. The van der Waals surface area contributed by atoms with Gasteiger partial charge in [-0.05, 0) is 46.9 Å². The molecule has 1 fully saturated rings. The lowest BCUT2D eigenvalue weighted by molar-refractivity contribution is -0.133. The van der Waals surface area contributed by atoms with Gasteiger partial charge < -0.3 is 10.6 Å². The molecule has 1 aliphatic heterocycles. The van der Waals surface area contributed by atoms with Crippen LogP contribution in [0.2, 0.25) is 0 Å². The van der Waals surface area contributed by atoms with Crippen molar-refractivity contribution in [2.45, 2.75) is 32.2 Å². The van der Waals surface area contributed by atoms with E-state index in [1.54, 1.807) is 6.92 Å². The van der Waals surface area contributed by atoms with Gasteiger partial charge in [0.2, 0.25) is 5.91 Å². The predicted molar refractivity (Wildman–Crippen MR) is 121 cm³/mol. The summed E-state index contributed by atoms with van der Waals surface area (Å²) in [4.78, 5) is 39.4. The van der Waals surface area contributed by atoms with E-state index in [4.69, 9.17) is 0 Å². The van der Waals surface area contributed by atoms with Crippen LogP contribution in [0.4, 0.5) is 10.5 Å². The van der Waals surface area contributed by atoms with Gasteiger partial charge in [-0.2, -0.15) is 0 Å². The zero-order valence-electron chi connectivity index (χ0n) is 17.8. The maximum atomic E-state index is 13.3. The number of fused-ring (bicyclic) bond motifs is 1. The normalized spacial score (nSPS) is 18.5. The first-order valence-electron chi connectivity index (χ1n) is 10.3. The third-order valence-corrected chi connectivity index (χ3v) is 5.77. The highest BCUT2D eigenvalue weighted by molar-refractivity contribution is 6.11. The first kappa shape index (κ1) is 20.6. The summed E-state index contributed by atoms with van der Waals surface area (Å²) in [5, 5.41) is 7.41. The van der Waals surface area contributed by atoms with Gasteiger partial charge in [-0.3, -0.25) is 14.5 Å². The Bertz CT molecular complexity index is 1160. The van der Waals surface area contributed by atoms with Crippen LogP contribution in [0.3, 0.4) is 0 Å². The zero-order chi connectivity index (χ0) is 22.2. The van der Waals surface area contributed by atoms with Crippen molar-refractivity contribution in [2.75, 3.05) is 11.9 Å². The molecule has 1 atom stereocenters. The van der Waals surface area contributed by atoms with Crippen LogP contribution in [-0.2, 0) is 15.1 Å². The molecule has 0 spiro atoms. The minimum atomic E-state index is -1.24. The second-order valence-electron chi connectivity index (χ2n) is 8.30. The number of urea groups is 1. The van der Waals surface area contributed by atoms with Crippen LogP contribution in [-0.4, -0.2) is 29.3 Å². The summed E-state index contributed by atoms with van der Waals surface area (Å²) in [5.74, 6) is -0.482. The van der Waals surface area contributed by atoms with Gasteiger partial charge in [0.05, 0.1) is 0 Å². The molecule has 0 aliphatic carbocycles. The van der Waals surface area contributed by atoms with Gasteiger partial charge in [0, 0.05) is 5.69 Å². The van der Waals surface area contributed by atoms with Crippen molar-refractivity contribution < 1.29 is 14.4 Å². The number of carbonyl (C=O) groups is 3. The summed E-state index contributed by atoms with van der Waals surface area (Å²) in [6, 6.07) is 20.3. The van der Waals surface area contributed by atoms with Gasteiger partial charge in [-0.15, -0.1) is 0 Å². The zero-order valence-corrected chi connectivity index (χ0v) is 17.8. The summed E-state index contributed by atoms with van der Waals surface area (Å²) in [5.41, 5.74) is 1.25. The molecule has 0 radical (unpaired) electrons. The van der Waals surface area contributed by atoms with Crippen molar-refractivity contribution in [3.8, 4) is 0 Å². The molecule has 0 bridgehead atoms. The number of imide groups is 1. The molecule has 2 N–H and O–H groups in total. The number of rotatable bonds is 5. The molecule has 31 heavy (non-hydrogen) atoms. The molecule has 4 rings (SSSR count). The highest BCUT2D eigenvalue weighted by Crippen LogP contribution is 2.33. The maximum absolute atomic E-state index is 13.3. The Balaban J connectivity index is 1.53. The molecule has 1 heterocycles. The Kier molecular flexibility index (Phi) is 5.23. The van der Waals surface area contributed by atoms with Crippen molar-refractivity contribution in [3.63, 3.8) is 0 Å². The van der Waals surface area contributed by atoms with Crippen LogP contribution >= 0.6 is 0 Å². The predicted octanol–water partition coefficient (Wildman–Crippen LogP) is 4.37. The lowest BCUT2D eigenvalue weighted by atomic mass is 9.88. The summed E-state index contributed by atoms with van der Waals surface area (Å²) in [6.07, 6.45) is 0. The number of carbonyl (C=O) groups excluding carboxylic acids is 3. The van der Waals surface area contributed by atoms with Gasteiger partial charge in [-0.25, -0.2) is 4.79 Å². The number of hydrogen-bond acceptors (Lipinski definition) is 3. The fraction of sp³-hybridized carbons (Fsp3) is 0.240. The average Bonchev–Trinajstić information content (AvgIpc) is 2.97. The number of nitrogens with one attached hydrogen (secondary N) is 2. The van der Waals surface area contributed by atoms with Crippen LogP contribution < -0.4 is 10.6 Å². The molecule has 4 amide bonds. The van der Waals surface area contributed by atoms with Gasteiger partial charge in [-0.1, -0.05) is 68.4 Å². The van der Waals surface area contributed by atoms with Crippen molar-refractivity contribution in [2.24, 2.45) is 0 Å². The molecule has 0 saturated carbocycles. The number of hydrogen-bond donors (Lipinski definition) is 2. The monoisotopic (exact) mass is 415 g/mol. The van der Waals surface area contributed by atoms with Crippen molar-refractivity contribution in [3.05, 3.63) is 77.9 Å². The fourth-order valence-corrected chi connectivity index (χ4v) is 3.98. The standard InChI is InChI=1S/C25H25N3O3/c1-16(2)17-11-13-19(14-12-17)26-22(29)15-28-23(30)25(3,27-24(28)31)21-10-6-8-18-7-4-5-9-20(18)21/h4-14,16H,15H2,1-3H3,(H,26,29)(H,27,31)/t25-/m0/s1. The van der Waals surface area contributed by atoms with E-state index in [-0.39, 0.29) is 6.54 Å². The number of anilines is 1. The van der Waals surface area contributed by atoms with Crippen molar-refractivity contribution >= 4 is 34.3 Å². The Morgan fingerprint density at radius 3 is 2.39 bits per heavy atom. The van der Waals surface area contributed by atoms with E-state index in [9.17, 15) is 14.4 Å². The van der Waals surface area contributed by atoms with E-state index in [2.05, 4.69) is 24.5 Å². The number of amides is 4. The fourth-order valence-electron chi connectivity index (χ4n) is 3.98. The van der Waals surface area contributed by atoms with E-state index in [1.165, 1.54) is 0 Å². The van der Waals surface area contributed by atoms with E-state index in [0.29, 0.717) is 17.2 Å². The number of benzene rings is 3. The maximum Gasteiger partial charge on any atom is 0.325 e. The van der Waals surface area contributed by atoms with Crippen LogP contribution in [0.5, 0.6) is 0 Å². The smallest absolute Gasteiger partial charge is 0.325 e. The molecule has 6 heteroatoms. The minimum absolute atomic E-state index is 0.350. The summed E-state index contributed by atoms with van der Waals surface area (Å²) in [6.45, 7) is 5.52. The number of nitrogens with zero attached hydrogens (tertiary/aromatic N) is 1. The third-order valence-electron chi connectivity index (χ3n) is 5.77. The topological polar surface area (TPSA) is 78.5 Å². The molecule has 6 nitrogen and oxygen atoms in total. The van der Waals surface area contributed by atoms with Crippen molar-refractivity contribution in [1.82, 2.24) is 10.2 Å². The molecule has 0 unspecified atom stereocenters. The molecule has 0 aromatic heterocycles.